The molecule has 1 heterocycles. The number of rotatable bonds is 3. The molecule has 0 aromatic heterocycles. The van der Waals surface area contributed by atoms with Crippen LogP contribution in [0.15, 0.2) is 76.5 Å². The second-order valence-corrected chi connectivity index (χ2v) is 7.17. The molecule has 0 aliphatic carbocycles. The zero-order valence-corrected chi connectivity index (χ0v) is 14.8. The fourth-order valence-corrected chi connectivity index (χ4v) is 4.04. The first-order valence-corrected chi connectivity index (χ1v) is 9.03. The third-order valence-electron chi connectivity index (χ3n) is 4.32. The minimum Gasteiger partial charge on any atom is -0.545 e. The number of carboxylic acid groups (broad SMARTS) is 1. The predicted octanol–water partition coefficient (Wildman–Crippen LogP) is 3.50. The maximum atomic E-state index is 13.2. The van der Waals surface area contributed by atoms with Crippen molar-refractivity contribution in [2.75, 3.05) is 4.90 Å². The van der Waals surface area contributed by atoms with Crippen molar-refractivity contribution in [3.8, 4) is 0 Å². The van der Waals surface area contributed by atoms with Crippen molar-refractivity contribution in [2.45, 2.75) is 16.3 Å². The Hall–Kier alpha value is -3.12. The Morgan fingerprint density at radius 1 is 1.00 bits per heavy atom. The van der Waals surface area contributed by atoms with Gasteiger partial charge < -0.3 is 14.8 Å². The molecule has 4 nitrogen and oxygen atoms in total. The largest absolute Gasteiger partial charge is 0.545 e. The molecular weight excluding hydrogens is 365 g/mol. The molecule has 27 heavy (non-hydrogen) atoms. The van der Waals surface area contributed by atoms with Crippen LogP contribution in [-0.4, -0.2) is 11.9 Å². The Balaban J connectivity index is 1.86. The van der Waals surface area contributed by atoms with Gasteiger partial charge in [-0.05, 0) is 47.5 Å². The Morgan fingerprint density at radius 3 is 2.48 bits per heavy atom. The lowest BCUT2D eigenvalue weighted by molar-refractivity contribution is -0.255. The number of hydrogen-bond acceptors (Lipinski definition) is 4. The molecule has 0 N–H and O–H groups in total. The molecule has 0 saturated heterocycles. The number of carboxylic acids is 1. The van der Waals surface area contributed by atoms with Crippen LogP contribution in [0, 0.1) is 5.82 Å². The van der Waals surface area contributed by atoms with Crippen molar-refractivity contribution < 1.29 is 19.1 Å². The van der Waals surface area contributed by atoms with E-state index in [0.717, 1.165) is 15.4 Å². The summed E-state index contributed by atoms with van der Waals surface area (Å²) in [7, 11) is 0. The number of carbonyl (C=O) groups is 2. The molecule has 0 saturated carbocycles. The van der Waals surface area contributed by atoms with Crippen LogP contribution in [0.1, 0.15) is 26.3 Å². The molecule has 0 spiro atoms. The molecule has 1 amide bonds. The van der Waals surface area contributed by atoms with Gasteiger partial charge in [0.1, 0.15) is 5.82 Å². The van der Waals surface area contributed by atoms with Gasteiger partial charge in [0.15, 0.2) is 0 Å². The summed E-state index contributed by atoms with van der Waals surface area (Å²) in [5.74, 6) is -1.91. The molecule has 3 aromatic carbocycles. The third-order valence-corrected chi connectivity index (χ3v) is 5.46. The molecule has 3 aromatic rings. The minimum absolute atomic E-state index is 0.00258. The smallest absolute Gasteiger partial charge is 0.259 e. The van der Waals surface area contributed by atoms with Crippen LogP contribution in [0.3, 0.4) is 0 Å². The Labute approximate surface area is 159 Å². The van der Waals surface area contributed by atoms with Gasteiger partial charge in [-0.25, -0.2) is 4.39 Å². The van der Waals surface area contributed by atoms with Crippen LogP contribution >= 0.6 is 11.8 Å². The molecule has 0 radical (unpaired) electrons. The highest BCUT2D eigenvalue weighted by Crippen LogP contribution is 2.42. The van der Waals surface area contributed by atoms with E-state index >= 15 is 0 Å². The van der Waals surface area contributed by atoms with Crippen LogP contribution in [0.5, 0.6) is 0 Å². The zero-order chi connectivity index (χ0) is 19.0. The number of amides is 1. The van der Waals surface area contributed by atoms with Crippen molar-refractivity contribution in [1.29, 1.82) is 0 Å². The number of nitrogens with zero attached hydrogens (tertiary/aromatic N) is 1. The summed E-state index contributed by atoms with van der Waals surface area (Å²) in [6, 6.07) is 17.7. The van der Waals surface area contributed by atoms with Gasteiger partial charge in [-0.15, -0.1) is 0 Å². The summed E-state index contributed by atoms with van der Waals surface area (Å²) < 4.78 is 13.2. The first kappa shape index (κ1) is 17.3. The number of fused-ring (bicyclic) bond motifs is 2. The Bertz CT molecular complexity index is 1050. The van der Waals surface area contributed by atoms with Crippen molar-refractivity contribution in [2.24, 2.45) is 0 Å². The molecule has 134 valence electrons. The first-order valence-electron chi connectivity index (χ1n) is 8.21. The molecule has 0 unspecified atom stereocenters. The van der Waals surface area contributed by atoms with E-state index in [1.54, 1.807) is 30.3 Å². The van der Waals surface area contributed by atoms with E-state index in [1.807, 2.05) is 12.1 Å². The molecule has 1 aliphatic heterocycles. The van der Waals surface area contributed by atoms with E-state index in [0.29, 0.717) is 11.3 Å². The number of halogens is 1. The van der Waals surface area contributed by atoms with Crippen LogP contribution in [0.25, 0.3) is 0 Å². The molecule has 0 atom stereocenters. The van der Waals surface area contributed by atoms with Crippen LogP contribution < -0.4 is 10.0 Å². The number of anilines is 1. The highest BCUT2D eigenvalue weighted by Gasteiger charge is 2.27. The highest BCUT2D eigenvalue weighted by molar-refractivity contribution is 7.99. The quantitative estimate of drug-likeness (QED) is 0.700. The molecule has 6 heteroatoms. The topological polar surface area (TPSA) is 60.4 Å². The first-order chi connectivity index (χ1) is 13.0. The fourth-order valence-electron chi connectivity index (χ4n) is 2.98. The van der Waals surface area contributed by atoms with E-state index in [4.69, 9.17) is 0 Å². The summed E-state index contributed by atoms with van der Waals surface area (Å²) in [4.78, 5) is 27.6. The summed E-state index contributed by atoms with van der Waals surface area (Å²) in [6.07, 6.45) is 0. The number of aromatic carboxylic acids is 1. The maximum absolute atomic E-state index is 13.2. The number of hydrogen-bond donors (Lipinski definition) is 0. The highest BCUT2D eigenvalue weighted by atomic mass is 32.2. The number of carbonyl (C=O) groups excluding carboxylic acids is 2. The summed E-state index contributed by atoms with van der Waals surface area (Å²) in [6.45, 7) is 0.192. The molecular formula is C21H13FNO3S-. The Morgan fingerprint density at radius 2 is 1.74 bits per heavy atom. The lowest BCUT2D eigenvalue weighted by Gasteiger charge is -2.24. The molecule has 0 bridgehead atoms. The normalized spacial score (nSPS) is 12.9. The average Bonchev–Trinajstić information content (AvgIpc) is 2.78. The second kappa shape index (κ2) is 6.89. The monoisotopic (exact) mass is 378 g/mol. The standard InChI is InChI=1S/C21H14FNO3S/c22-15-8-5-13(6-9-15)12-23-17-11-14(21(25)26)7-10-19(17)27-18-4-2-1-3-16(18)20(23)24/h1-11H,12H2,(H,25,26)/p-1. The van der Waals surface area contributed by atoms with Crippen molar-refractivity contribution in [3.63, 3.8) is 0 Å². The Kier molecular flexibility index (Phi) is 4.41. The van der Waals surface area contributed by atoms with Crippen LogP contribution in [-0.2, 0) is 6.54 Å². The predicted molar refractivity (Wildman–Crippen MR) is 98.3 cm³/mol. The molecule has 0 fully saturated rings. The second-order valence-electron chi connectivity index (χ2n) is 6.09. The summed E-state index contributed by atoms with van der Waals surface area (Å²) in [5, 5.41) is 11.3. The lowest BCUT2D eigenvalue weighted by Crippen LogP contribution is -2.31. The van der Waals surface area contributed by atoms with Gasteiger partial charge in [0.2, 0.25) is 0 Å². The fraction of sp³-hybridized carbons (Fsp3) is 0.0476. The van der Waals surface area contributed by atoms with E-state index in [2.05, 4.69) is 0 Å². The summed E-state index contributed by atoms with van der Waals surface area (Å²) >= 11 is 1.41. The third kappa shape index (κ3) is 3.31. The van der Waals surface area contributed by atoms with E-state index in [-0.39, 0.29) is 23.8 Å². The van der Waals surface area contributed by atoms with Gasteiger partial charge in [0.05, 0.1) is 23.8 Å². The average molecular weight is 378 g/mol. The van der Waals surface area contributed by atoms with Crippen molar-refractivity contribution in [1.82, 2.24) is 0 Å². The van der Waals surface area contributed by atoms with Gasteiger partial charge in [-0.1, -0.05) is 42.1 Å². The van der Waals surface area contributed by atoms with Gasteiger partial charge in [-0.2, -0.15) is 0 Å². The molecule has 1 aliphatic rings. The molecule has 4 rings (SSSR count). The lowest BCUT2D eigenvalue weighted by atomic mass is 10.1. The van der Waals surface area contributed by atoms with Gasteiger partial charge in [-0.3, -0.25) is 4.79 Å². The SMILES string of the molecule is O=C([O-])c1ccc2c(c1)N(Cc1ccc(F)cc1)C(=O)c1ccccc1S2. The zero-order valence-electron chi connectivity index (χ0n) is 14.0. The van der Waals surface area contributed by atoms with Gasteiger partial charge in [0, 0.05) is 9.79 Å². The van der Waals surface area contributed by atoms with Crippen molar-refractivity contribution >= 4 is 29.3 Å². The summed E-state index contributed by atoms with van der Waals surface area (Å²) in [5.41, 5.74) is 1.76. The minimum atomic E-state index is -1.31. The van der Waals surface area contributed by atoms with Crippen LogP contribution in [0.2, 0.25) is 0 Å². The maximum Gasteiger partial charge on any atom is 0.259 e. The van der Waals surface area contributed by atoms with E-state index < -0.39 is 5.97 Å². The number of benzene rings is 3. The van der Waals surface area contributed by atoms with Gasteiger partial charge in [0.25, 0.3) is 5.91 Å². The van der Waals surface area contributed by atoms with E-state index in [9.17, 15) is 19.1 Å². The van der Waals surface area contributed by atoms with Gasteiger partial charge >= 0.3 is 0 Å². The van der Waals surface area contributed by atoms with E-state index in [1.165, 1.54) is 40.9 Å². The van der Waals surface area contributed by atoms with Crippen LogP contribution in [0.4, 0.5) is 10.1 Å². The van der Waals surface area contributed by atoms with Crippen molar-refractivity contribution in [3.05, 3.63) is 89.2 Å².